The molecule has 3 rings (SSSR count). The predicted molar refractivity (Wildman–Crippen MR) is 45.4 cm³/mol. The summed E-state index contributed by atoms with van der Waals surface area (Å²) >= 11 is 1.67. The van der Waals surface area contributed by atoms with E-state index in [1.165, 1.54) is 0 Å². The lowest BCUT2D eigenvalue weighted by molar-refractivity contribution is 1.04. The van der Waals surface area contributed by atoms with E-state index in [2.05, 4.69) is 20.0 Å². The van der Waals surface area contributed by atoms with Gasteiger partial charge in [-0.3, -0.25) is 4.99 Å². The Bertz CT molecular complexity index is 491. The van der Waals surface area contributed by atoms with Crippen LogP contribution in [0.3, 0.4) is 0 Å². The maximum Gasteiger partial charge on any atom is 0.164 e. The van der Waals surface area contributed by atoms with Crippen molar-refractivity contribution in [3.63, 3.8) is 0 Å². The average molecular weight is 176 g/mol. The lowest BCUT2D eigenvalue weighted by Crippen LogP contribution is -2.13. The number of hydrogen-bond donors (Lipinski definition) is 0. The molecule has 4 nitrogen and oxygen atoms in total. The molecule has 0 bridgehead atoms. The second kappa shape index (κ2) is 2.13. The van der Waals surface area contributed by atoms with Crippen LogP contribution >= 0.6 is 11.8 Å². The van der Waals surface area contributed by atoms with Crippen LogP contribution in [0.15, 0.2) is 26.1 Å². The number of thioether (sulfide) groups is 1. The third-order valence-corrected chi connectivity index (χ3v) is 2.70. The summed E-state index contributed by atoms with van der Waals surface area (Å²) in [6.07, 6.45) is 3.28. The summed E-state index contributed by atoms with van der Waals surface area (Å²) in [6, 6.07) is 0. The van der Waals surface area contributed by atoms with E-state index in [-0.39, 0.29) is 0 Å². The first-order chi connectivity index (χ1) is 5.95. The van der Waals surface area contributed by atoms with E-state index in [4.69, 9.17) is 0 Å². The molecule has 0 atom stereocenters. The van der Waals surface area contributed by atoms with E-state index in [0.717, 1.165) is 27.3 Å². The van der Waals surface area contributed by atoms with E-state index < -0.39 is 0 Å². The van der Waals surface area contributed by atoms with Gasteiger partial charge in [0.15, 0.2) is 5.49 Å². The van der Waals surface area contributed by atoms with Crippen LogP contribution < -0.4 is 10.8 Å². The van der Waals surface area contributed by atoms with Gasteiger partial charge in [-0.05, 0) is 0 Å². The lowest BCUT2D eigenvalue weighted by atomic mass is 10.4. The van der Waals surface area contributed by atoms with Crippen molar-refractivity contribution < 1.29 is 0 Å². The molecular formula is C7H4N4S. The van der Waals surface area contributed by atoms with Gasteiger partial charge in [-0.1, -0.05) is 11.8 Å². The van der Waals surface area contributed by atoms with Crippen molar-refractivity contribution in [1.82, 2.24) is 4.98 Å². The molecule has 0 saturated carbocycles. The number of pyridine rings is 1. The number of nitrogens with zero attached hydrogens (tertiary/aromatic N) is 4. The molecule has 0 saturated heterocycles. The Labute approximate surface area is 72.2 Å². The second-order valence-corrected chi connectivity index (χ2v) is 3.41. The van der Waals surface area contributed by atoms with Crippen LogP contribution in [0.1, 0.15) is 0 Å². The van der Waals surface area contributed by atoms with Gasteiger partial charge in [-0.2, -0.15) is 0 Å². The number of hydrogen-bond acceptors (Lipinski definition) is 5. The molecule has 58 valence electrons. The highest BCUT2D eigenvalue weighted by Gasteiger charge is 2.14. The minimum atomic E-state index is 0.758. The normalized spacial score (nSPS) is 16.7. The first-order valence-corrected chi connectivity index (χ1v) is 4.50. The zero-order valence-corrected chi connectivity index (χ0v) is 6.88. The van der Waals surface area contributed by atoms with Crippen LogP contribution in [0.5, 0.6) is 0 Å². The summed E-state index contributed by atoms with van der Waals surface area (Å²) in [7, 11) is 0. The largest absolute Gasteiger partial charge is 0.254 e. The fourth-order valence-electron chi connectivity index (χ4n) is 1.24. The molecule has 0 radical (unpaired) electrons. The van der Waals surface area contributed by atoms with Crippen LogP contribution in [-0.2, 0) is 0 Å². The number of aromatic nitrogens is 1. The fraction of sp³-hybridized carbons (Fsp3) is 0.143. The molecule has 1 aromatic heterocycles. The van der Waals surface area contributed by atoms with Crippen molar-refractivity contribution in [1.29, 1.82) is 0 Å². The summed E-state index contributed by atoms with van der Waals surface area (Å²) in [5.74, 6) is 0.758. The topological polar surface area (TPSA) is 50.0 Å². The van der Waals surface area contributed by atoms with Gasteiger partial charge >= 0.3 is 0 Å². The van der Waals surface area contributed by atoms with Gasteiger partial charge in [0.1, 0.15) is 17.4 Å². The summed E-state index contributed by atoms with van der Waals surface area (Å²) in [4.78, 5) is 17.7. The Kier molecular flexibility index (Phi) is 1.12. The smallest absolute Gasteiger partial charge is 0.164 e. The highest BCUT2D eigenvalue weighted by Crippen LogP contribution is 2.26. The Morgan fingerprint density at radius 1 is 1.42 bits per heavy atom. The summed E-state index contributed by atoms with van der Waals surface area (Å²) in [6.45, 7) is 0. The van der Waals surface area contributed by atoms with Crippen LogP contribution in [0.4, 0.5) is 5.69 Å². The zero-order valence-electron chi connectivity index (χ0n) is 6.06. The molecule has 12 heavy (non-hydrogen) atoms. The Morgan fingerprint density at radius 3 is 3.42 bits per heavy atom. The average Bonchev–Trinajstić information content (AvgIpc) is 2.71. The number of fused-ring (bicyclic) bond motifs is 3. The second-order valence-electron chi connectivity index (χ2n) is 2.45. The molecule has 0 aliphatic carbocycles. The molecule has 2 aliphatic rings. The van der Waals surface area contributed by atoms with Crippen molar-refractivity contribution in [3.05, 3.63) is 17.0 Å². The first kappa shape index (κ1) is 6.30. The monoisotopic (exact) mass is 176 g/mol. The third-order valence-electron chi connectivity index (χ3n) is 1.78. The van der Waals surface area contributed by atoms with Gasteiger partial charge in [-0.25, -0.2) is 15.0 Å². The first-order valence-electron chi connectivity index (χ1n) is 3.52. The van der Waals surface area contributed by atoms with E-state index >= 15 is 0 Å². The zero-order chi connectivity index (χ0) is 7.97. The molecule has 0 unspecified atom stereocenters. The molecule has 0 fully saturated rings. The van der Waals surface area contributed by atoms with E-state index in [1.54, 1.807) is 24.3 Å². The van der Waals surface area contributed by atoms with Crippen molar-refractivity contribution >= 4 is 23.8 Å². The highest BCUT2D eigenvalue weighted by atomic mass is 32.2. The van der Waals surface area contributed by atoms with Gasteiger partial charge in [0.05, 0.1) is 17.0 Å². The minimum Gasteiger partial charge on any atom is -0.254 e. The standard InChI is InChI=1S/C7H4N4S/c1-4-5(10-2-9-4)6-7(8-1)11-3-12-6/h1-2H,3H2. The maximum absolute atomic E-state index is 4.21. The maximum atomic E-state index is 4.21. The van der Waals surface area contributed by atoms with Gasteiger partial charge in [-0.15, -0.1) is 0 Å². The summed E-state index contributed by atoms with van der Waals surface area (Å²) in [5.41, 5.74) is 1.75. The van der Waals surface area contributed by atoms with Gasteiger partial charge in [0.2, 0.25) is 0 Å². The molecule has 0 N–H and O–H groups in total. The van der Waals surface area contributed by atoms with Gasteiger partial charge < -0.3 is 0 Å². The molecule has 0 amide bonds. The molecular weight excluding hydrogens is 172 g/mol. The summed E-state index contributed by atoms with van der Waals surface area (Å²) < 4.78 is 0. The Morgan fingerprint density at radius 2 is 2.42 bits per heavy atom. The van der Waals surface area contributed by atoms with Crippen molar-refractivity contribution in [2.24, 2.45) is 15.0 Å². The quantitative estimate of drug-likeness (QED) is 0.561. The Hall–Kier alpha value is -1.23. The number of aliphatic imine (C=N–C) groups is 1. The van der Waals surface area contributed by atoms with Crippen molar-refractivity contribution in [2.75, 3.05) is 5.88 Å². The minimum absolute atomic E-state index is 0.758. The predicted octanol–water partition coefficient (Wildman–Crippen LogP) is 0.0574. The van der Waals surface area contributed by atoms with E-state index in [0.29, 0.717) is 0 Å². The van der Waals surface area contributed by atoms with Crippen LogP contribution in [0, 0.1) is 0 Å². The fourth-order valence-corrected chi connectivity index (χ4v) is 2.09. The molecule has 2 aliphatic heterocycles. The van der Waals surface area contributed by atoms with Crippen LogP contribution in [0.2, 0.25) is 0 Å². The lowest BCUT2D eigenvalue weighted by Gasteiger charge is -1.93. The Balaban J connectivity index is 2.50. The molecule has 0 spiro atoms. The molecule has 0 aromatic carbocycles. The molecule has 5 heteroatoms. The van der Waals surface area contributed by atoms with Crippen LogP contribution in [0.25, 0.3) is 0 Å². The van der Waals surface area contributed by atoms with Gasteiger partial charge in [0.25, 0.3) is 0 Å². The van der Waals surface area contributed by atoms with Crippen molar-refractivity contribution in [2.45, 2.75) is 4.90 Å². The SMILES string of the molecule is C1=Nc2c3c(ncc2=N1)=NCS3. The van der Waals surface area contributed by atoms with Crippen LogP contribution in [-0.4, -0.2) is 17.2 Å². The molecule has 1 aromatic rings. The van der Waals surface area contributed by atoms with Crippen molar-refractivity contribution in [3.8, 4) is 0 Å². The molecule has 3 heterocycles. The van der Waals surface area contributed by atoms with Gasteiger partial charge in [0, 0.05) is 0 Å². The van der Waals surface area contributed by atoms with E-state index in [1.807, 2.05) is 0 Å². The summed E-state index contributed by atoms with van der Waals surface area (Å²) in [5, 5.41) is 0.860. The number of rotatable bonds is 0. The third kappa shape index (κ3) is 0.687. The highest BCUT2D eigenvalue weighted by molar-refractivity contribution is 7.99. The van der Waals surface area contributed by atoms with E-state index in [9.17, 15) is 0 Å².